The van der Waals surface area contributed by atoms with E-state index in [2.05, 4.69) is 0 Å². The molecule has 3 rings (SSSR count). The van der Waals surface area contributed by atoms with Gasteiger partial charge in [-0.2, -0.15) is 4.31 Å². The van der Waals surface area contributed by atoms with Gasteiger partial charge in [0.2, 0.25) is 10.0 Å². The van der Waals surface area contributed by atoms with Gasteiger partial charge in [0.25, 0.3) is 0 Å². The number of aryl methyl sites for hydroxylation is 1. The van der Waals surface area contributed by atoms with E-state index in [4.69, 9.17) is 5.11 Å². The number of hydrogen-bond donors (Lipinski definition) is 1. The topological polar surface area (TPSA) is 79.6 Å². The van der Waals surface area contributed by atoms with E-state index in [0.29, 0.717) is 24.9 Å². The molecule has 1 N–H and O–H groups in total. The summed E-state index contributed by atoms with van der Waals surface area (Å²) in [6, 6.07) is 1.25. The Morgan fingerprint density at radius 3 is 2.19 bits per heavy atom. The molecule has 6 nitrogen and oxygen atoms in total. The Labute approximate surface area is 124 Å². The van der Waals surface area contributed by atoms with Crippen LogP contribution in [0.25, 0.3) is 0 Å². The number of hydrogen-bond acceptors (Lipinski definition) is 3. The zero-order chi connectivity index (χ0) is 15.2. The molecular weight excluding hydrogens is 292 g/mol. The van der Waals surface area contributed by atoms with Crippen LogP contribution in [0.1, 0.15) is 36.2 Å². The van der Waals surface area contributed by atoms with Crippen LogP contribution in [0.2, 0.25) is 0 Å². The molecule has 0 bridgehead atoms. The highest BCUT2D eigenvalue weighted by Gasteiger charge is 2.36. The minimum Gasteiger partial charge on any atom is -0.477 e. The molecule has 1 heterocycles. The third-order valence-corrected chi connectivity index (χ3v) is 5.95. The van der Waals surface area contributed by atoms with Crippen LogP contribution in [-0.2, 0) is 17.1 Å². The normalized spacial score (nSPS) is 19.1. The molecule has 1 aromatic rings. The maximum Gasteiger partial charge on any atom is 0.352 e. The fourth-order valence-electron chi connectivity index (χ4n) is 2.48. The lowest BCUT2D eigenvalue weighted by Crippen LogP contribution is -2.34. The summed E-state index contributed by atoms with van der Waals surface area (Å²) in [7, 11) is -2.05. The van der Waals surface area contributed by atoms with Crippen LogP contribution in [0.4, 0.5) is 0 Å². The van der Waals surface area contributed by atoms with Gasteiger partial charge in [0.1, 0.15) is 10.6 Å². The number of carbonyl (C=O) groups is 1. The van der Waals surface area contributed by atoms with E-state index in [1.807, 2.05) is 0 Å². The fourth-order valence-corrected chi connectivity index (χ4v) is 4.15. The van der Waals surface area contributed by atoms with Crippen molar-refractivity contribution in [3.8, 4) is 0 Å². The molecule has 0 spiro atoms. The second-order valence-corrected chi connectivity index (χ2v) is 8.12. The van der Waals surface area contributed by atoms with Crippen LogP contribution in [0, 0.1) is 11.8 Å². The quantitative estimate of drug-likeness (QED) is 0.828. The molecule has 0 amide bonds. The van der Waals surface area contributed by atoms with E-state index < -0.39 is 16.0 Å². The number of aromatic carboxylic acids is 1. The highest BCUT2D eigenvalue weighted by Crippen LogP contribution is 2.36. The number of rotatable bonds is 7. The van der Waals surface area contributed by atoms with Crippen LogP contribution in [-0.4, -0.2) is 41.5 Å². The van der Waals surface area contributed by atoms with Crippen molar-refractivity contribution in [1.29, 1.82) is 0 Å². The summed E-state index contributed by atoms with van der Waals surface area (Å²) < 4.78 is 28.4. The predicted octanol–water partition coefficient (Wildman–Crippen LogP) is 1.53. The average Bonchev–Trinajstić information content (AvgIpc) is 3.30. The Morgan fingerprint density at radius 2 is 1.81 bits per heavy atom. The van der Waals surface area contributed by atoms with Gasteiger partial charge in [-0.05, 0) is 43.6 Å². The van der Waals surface area contributed by atoms with Gasteiger partial charge in [0.05, 0.1) is 0 Å². The van der Waals surface area contributed by atoms with Crippen molar-refractivity contribution >= 4 is 16.0 Å². The highest BCUT2D eigenvalue weighted by atomic mass is 32.2. The first kappa shape index (κ1) is 14.6. The molecule has 0 aromatic carbocycles. The average molecular weight is 312 g/mol. The van der Waals surface area contributed by atoms with Gasteiger partial charge >= 0.3 is 5.97 Å². The summed E-state index contributed by atoms with van der Waals surface area (Å²) in [6.07, 6.45) is 5.75. The first-order chi connectivity index (χ1) is 9.88. The van der Waals surface area contributed by atoms with E-state index in [1.54, 1.807) is 11.4 Å². The van der Waals surface area contributed by atoms with Crippen LogP contribution in [0.5, 0.6) is 0 Å². The third-order valence-electron chi connectivity index (χ3n) is 4.15. The number of sulfonamides is 1. The summed E-state index contributed by atoms with van der Waals surface area (Å²) in [5.74, 6) is -0.169. The molecular formula is C14H20N2O4S. The van der Waals surface area contributed by atoms with Crippen molar-refractivity contribution in [1.82, 2.24) is 8.87 Å². The van der Waals surface area contributed by atoms with Gasteiger partial charge in [0.15, 0.2) is 0 Å². The molecule has 7 heteroatoms. The molecule has 21 heavy (non-hydrogen) atoms. The summed E-state index contributed by atoms with van der Waals surface area (Å²) in [5.41, 5.74) is -0.00799. The van der Waals surface area contributed by atoms with Gasteiger partial charge in [-0.1, -0.05) is 0 Å². The molecule has 116 valence electrons. The van der Waals surface area contributed by atoms with Gasteiger partial charge < -0.3 is 9.67 Å². The molecule has 0 atom stereocenters. The largest absolute Gasteiger partial charge is 0.477 e. The molecule has 2 aliphatic rings. The van der Waals surface area contributed by atoms with E-state index in [9.17, 15) is 13.2 Å². The second-order valence-electron chi connectivity index (χ2n) is 6.19. The van der Waals surface area contributed by atoms with Crippen LogP contribution in [0.15, 0.2) is 17.2 Å². The second kappa shape index (κ2) is 5.14. The fraction of sp³-hybridized carbons (Fsp3) is 0.643. The van der Waals surface area contributed by atoms with Gasteiger partial charge in [-0.25, -0.2) is 13.2 Å². The minimum absolute atomic E-state index is 0.00799. The molecule has 0 aliphatic heterocycles. The Kier molecular flexibility index (Phi) is 3.57. The Hall–Kier alpha value is -1.34. The molecule has 0 unspecified atom stereocenters. The first-order valence-corrected chi connectivity index (χ1v) is 8.71. The Balaban J connectivity index is 1.88. The van der Waals surface area contributed by atoms with Crippen molar-refractivity contribution in [2.24, 2.45) is 18.9 Å². The zero-order valence-electron chi connectivity index (χ0n) is 12.0. The lowest BCUT2D eigenvalue weighted by atomic mass is 10.4. The Bertz CT molecular complexity index is 643. The summed E-state index contributed by atoms with van der Waals surface area (Å²) in [6.45, 7) is 1.13. The number of carboxylic acid groups (broad SMARTS) is 1. The summed E-state index contributed by atoms with van der Waals surface area (Å²) >= 11 is 0. The highest BCUT2D eigenvalue weighted by molar-refractivity contribution is 7.89. The minimum atomic E-state index is -3.60. The van der Waals surface area contributed by atoms with Crippen molar-refractivity contribution in [2.75, 3.05) is 13.1 Å². The monoisotopic (exact) mass is 312 g/mol. The molecule has 2 aliphatic carbocycles. The summed E-state index contributed by atoms with van der Waals surface area (Å²) in [5, 5.41) is 9.06. The standard InChI is InChI=1S/C14H20N2O4S/c1-15-9-12(6-13(15)14(17)18)21(19,20)16(7-10-2-3-10)8-11-4-5-11/h6,9-11H,2-5,7-8H2,1H3,(H,17,18). The molecule has 0 saturated heterocycles. The maximum absolute atomic E-state index is 12.8. The number of nitrogens with zero attached hydrogens (tertiary/aromatic N) is 2. The van der Waals surface area contributed by atoms with Gasteiger partial charge in [0, 0.05) is 26.3 Å². The zero-order valence-corrected chi connectivity index (χ0v) is 12.8. The number of carboxylic acids is 1. The first-order valence-electron chi connectivity index (χ1n) is 7.27. The lowest BCUT2D eigenvalue weighted by molar-refractivity contribution is 0.0686. The predicted molar refractivity (Wildman–Crippen MR) is 76.6 cm³/mol. The van der Waals surface area contributed by atoms with Crippen LogP contribution >= 0.6 is 0 Å². The van der Waals surface area contributed by atoms with Crippen LogP contribution in [0.3, 0.4) is 0 Å². The van der Waals surface area contributed by atoms with Crippen molar-refractivity contribution in [2.45, 2.75) is 30.6 Å². The smallest absolute Gasteiger partial charge is 0.352 e. The van der Waals surface area contributed by atoms with Crippen molar-refractivity contribution in [3.63, 3.8) is 0 Å². The molecule has 0 radical (unpaired) electrons. The van der Waals surface area contributed by atoms with E-state index >= 15 is 0 Å². The maximum atomic E-state index is 12.8. The van der Waals surface area contributed by atoms with E-state index in [-0.39, 0.29) is 10.6 Å². The SMILES string of the molecule is Cn1cc(S(=O)(=O)N(CC2CC2)CC2CC2)cc1C(=O)O. The molecule has 2 fully saturated rings. The number of aromatic nitrogens is 1. The van der Waals surface area contributed by atoms with Crippen molar-refractivity contribution in [3.05, 3.63) is 18.0 Å². The molecule has 2 saturated carbocycles. The van der Waals surface area contributed by atoms with E-state index in [1.165, 1.54) is 16.8 Å². The molecule has 1 aromatic heterocycles. The Morgan fingerprint density at radius 1 is 1.29 bits per heavy atom. The van der Waals surface area contributed by atoms with E-state index in [0.717, 1.165) is 25.7 Å². The van der Waals surface area contributed by atoms with Gasteiger partial charge in [-0.3, -0.25) is 0 Å². The third kappa shape index (κ3) is 3.13. The lowest BCUT2D eigenvalue weighted by Gasteiger charge is -2.21. The van der Waals surface area contributed by atoms with Gasteiger partial charge in [-0.15, -0.1) is 0 Å². The summed E-state index contributed by atoms with van der Waals surface area (Å²) in [4.78, 5) is 11.2. The van der Waals surface area contributed by atoms with Crippen molar-refractivity contribution < 1.29 is 18.3 Å². The van der Waals surface area contributed by atoms with Crippen LogP contribution < -0.4 is 0 Å².